The van der Waals surface area contributed by atoms with Gasteiger partial charge in [-0.2, -0.15) is 0 Å². The van der Waals surface area contributed by atoms with E-state index in [1.54, 1.807) is 5.92 Å². The zero-order valence-corrected chi connectivity index (χ0v) is 6.45. The van der Waals surface area contributed by atoms with Gasteiger partial charge >= 0.3 is 0 Å². The highest BCUT2D eigenvalue weighted by atomic mass is 14.1. The van der Waals surface area contributed by atoms with Gasteiger partial charge in [-0.3, -0.25) is 0 Å². The largest absolute Gasteiger partial charge is 0.0591 e. The second-order valence-corrected chi connectivity index (χ2v) is 3.22. The van der Waals surface area contributed by atoms with Crippen molar-refractivity contribution < 1.29 is 0 Å². The Morgan fingerprint density at radius 3 is 1.78 bits per heavy atom. The van der Waals surface area contributed by atoms with Crippen molar-refractivity contribution in [3.05, 3.63) is 5.92 Å². The average Bonchev–Trinajstić information content (AvgIpc) is 1.79. The fraction of sp³-hybridized carbons (Fsp3) is 0.889. The van der Waals surface area contributed by atoms with Gasteiger partial charge in [0.05, 0.1) is 0 Å². The molecule has 0 unspecified atom stereocenters. The van der Waals surface area contributed by atoms with E-state index in [0.717, 1.165) is 0 Å². The molecular formula is C9H17. The smallest absolute Gasteiger partial charge is 0.0272 e. The van der Waals surface area contributed by atoms with Gasteiger partial charge < -0.3 is 0 Å². The molecule has 0 N–H and O–H groups in total. The van der Waals surface area contributed by atoms with Crippen molar-refractivity contribution in [1.82, 2.24) is 0 Å². The van der Waals surface area contributed by atoms with Crippen LogP contribution in [0, 0.1) is 5.92 Å². The summed E-state index contributed by atoms with van der Waals surface area (Å²) in [6, 6.07) is 0. The number of hydrogen-bond donors (Lipinski definition) is 0. The van der Waals surface area contributed by atoms with Crippen molar-refractivity contribution in [3.8, 4) is 0 Å². The summed E-state index contributed by atoms with van der Waals surface area (Å²) in [5.41, 5.74) is 0. The first-order valence-electron chi connectivity index (χ1n) is 4.21. The summed E-state index contributed by atoms with van der Waals surface area (Å²) in [4.78, 5) is 0. The Hall–Kier alpha value is 0. The molecule has 0 heteroatoms. The van der Waals surface area contributed by atoms with E-state index in [1.165, 1.54) is 44.9 Å². The summed E-state index contributed by atoms with van der Waals surface area (Å²) in [5, 5.41) is 0. The van der Waals surface area contributed by atoms with Gasteiger partial charge in [-0.1, -0.05) is 39.0 Å². The first-order chi connectivity index (χ1) is 4.39. The van der Waals surface area contributed by atoms with Crippen molar-refractivity contribution >= 4 is 0 Å². The molecule has 0 atom stereocenters. The van der Waals surface area contributed by atoms with Crippen molar-refractivity contribution in [2.24, 2.45) is 0 Å². The summed E-state index contributed by atoms with van der Waals surface area (Å²) in [5.74, 6) is 1.73. The molecule has 1 rings (SSSR count). The predicted octanol–water partition coefficient (Wildman–Crippen LogP) is 3.33. The lowest BCUT2D eigenvalue weighted by molar-refractivity contribution is 0.529. The van der Waals surface area contributed by atoms with Crippen LogP contribution in [0.5, 0.6) is 0 Å². The van der Waals surface area contributed by atoms with Crippen LogP contribution in [-0.4, -0.2) is 0 Å². The lowest BCUT2D eigenvalue weighted by Crippen LogP contribution is -1.95. The standard InChI is InChI=1S/C9H17/c1-9-7-5-3-2-4-6-8-9/h2-8H2,1H3. The molecule has 0 aromatic rings. The highest BCUT2D eigenvalue weighted by Gasteiger charge is 2.04. The number of rotatable bonds is 0. The minimum atomic E-state index is 1.40. The highest BCUT2D eigenvalue weighted by Crippen LogP contribution is 2.22. The molecule has 0 bridgehead atoms. The second kappa shape index (κ2) is 3.92. The molecule has 1 aliphatic carbocycles. The predicted molar refractivity (Wildman–Crippen MR) is 41.2 cm³/mol. The Morgan fingerprint density at radius 2 is 1.22 bits per heavy atom. The number of hydrogen-bond acceptors (Lipinski definition) is 0. The van der Waals surface area contributed by atoms with Crippen LogP contribution in [0.4, 0.5) is 0 Å². The summed E-state index contributed by atoms with van der Waals surface area (Å²) >= 11 is 0. The molecule has 0 heterocycles. The van der Waals surface area contributed by atoms with Gasteiger partial charge in [0.2, 0.25) is 0 Å². The lowest BCUT2D eigenvalue weighted by atomic mass is 9.93. The van der Waals surface area contributed by atoms with Crippen LogP contribution >= 0.6 is 0 Å². The summed E-state index contributed by atoms with van der Waals surface area (Å²) < 4.78 is 0. The Kier molecular flexibility index (Phi) is 3.10. The van der Waals surface area contributed by atoms with E-state index in [4.69, 9.17) is 0 Å². The minimum absolute atomic E-state index is 1.40. The Morgan fingerprint density at radius 1 is 0.778 bits per heavy atom. The summed E-state index contributed by atoms with van der Waals surface area (Å²) in [6.45, 7) is 2.31. The Bertz CT molecular complexity index is 58.4. The normalized spacial score (nSPS) is 25.0. The van der Waals surface area contributed by atoms with Crippen molar-refractivity contribution in [2.45, 2.75) is 51.9 Å². The molecule has 0 amide bonds. The molecule has 1 radical (unpaired) electrons. The van der Waals surface area contributed by atoms with Crippen LogP contribution in [0.15, 0.2) is 0 Å². The molecule has 53 valence electrons. The fourth-order valence-electron chi connectivity index (χ4n) is 1.51. The maximum Gasteiger partial charge on any atom is -0.0272 e. The zero-order chi connectivity index (χ0) is 6.53. The quantitative estimate of drug-likeness (QED) is 0.466. The van der Waals surface area contributed by atoms with Gasteiger partial charge in [0.15, 0.2) is 0 Å². The van der Waals surface area contributed by atoms with Crippen LogP contribution in [0.25, 0.3) is 0 Å². The van der Waals surface area contributed by atoms with Gasteiger partial charge in [0, 0.05) is 0 Å². The third-order valence-electron chi connectivity index (χ3n) is 2.21. The van der Waals surface area contributed by atoms with E-state index >= 15 is 0 Å². The minimum Gasteiger partial charge on any atom is -0.0591 e. The van der Waals surface area contributed by atoms with Gasteiger partial charge in [-0.25, -0.2) is 0 Å². The van der Waals surface area contributed by atoms with E-state index in [1.807, 2.05) is 0 Å². The topological polar surface area (TPSA) is 0 Å². The van der Waals surface area contributed by atoms with Crippen LogP contribution < -0.4 is 0 Å². The van der Waals surface area contributed by atoms with E-state index in [9.17, 15) is 0 Å². The second-order valence-electron chi connectivity index (χ2n) is 3.22. The fourth-order valence-corrected chi connectivity index (χ4v) is 1.51. The van der Waals surface area contributed by atoms with Crippen molar-refractivity contribution in [2.75, 3.05) is 0 Å². The van der Waals surface area contributed by atoms with E-state index < -0.39 is 0 Å². The van der Waals surface area contributed by atoms with Crippen LogP contribution in [0.1, 0.15) is 51.9 Å². The molecule has 0 saturated heterocycles. The third kappa shape index (κ3) is 2.88. The molecule has 9 heavy (non-hydrogen) atoms. The SMILES string of the molecule is C[C]1CCCCCCC1. The average molecular weight is 125 g/mol. The summed E-state index contributed by atoms with van der Waals surface area (Å²) in [7, 11) is 0. The lowest BCUT2D eigenvalue weighted by Gasteiger charge is -2.13. The van der Waals surface area contributed by atoms with Gasteiger partial charge in [0.25, 0.3) is 0 Å². The van der Waals surface area contributed by atoms with E-state index in [-0.39, 0.29) is 0 Å². The van der Waals surface area contributed by atoms with Gasteiger partial charge in [-0.05, 0) is 18.8 Å². The third-order valence-corrected chi connectivity index (χ3v) is 2.21. The monoisotopic (exact) mass is 125 g/mol. The molecule has 1 fully saturated rings. The zero-order valence-electron chi connectivity index (χ0n) is 6.45. The molecule has 0 spiro atoms. The van der Waals surface area contributed by atoms with Crippen molar-refractivity contribution in [3.63, 3.8) is 0 Å². The van der Waals surface area contributed by atoms with Gasteiger partial charge in [0.1, 0.15) is 0 Å². The summed E-state index contributed by atoms with van der Waals surface area (Å²) in [6.07, 6.45) is 10.1. The molecule has 0 aromatic heterocycles. The van der Waals surface area contributed by atoms with Crippen molar-refractivity contribution in [1.29, 1.82) is 0 Å². The van der Waals surface area contributed by atoms with Crippen LogP contribution in [-0.2, 0) is 0 Å². The molecular weight excluding hydrogens is 108 g/mol. The Balaban J connectivity index is 2.12. The van der Waals surface area contributed by atoms with Crippen LogP contribution in [0.3, 0.4) is 0 Å². The van der Waals surface area contributed by atoms with Gasteiger partial charge in [-0.15, -0.1) is 0 Å². The maximum absolute atomic E-state index is 2.31. The van der Waals surface area contributed by atoms with Crippen LogP contribution in [0.2, 0.25) is 0 Å². The van der Waals surface area contributed by atoms with E-state index in [2.05, 4.69) is 6.92 Å². The molecule has 1 aliphatic rings. The first kappa shape index (κ1) is 7.11. The molecule has 0 aromatic carbocycles. The van der Waals surface area contributed by atoms with E-state index in [0.29, 0.717) is 0 Å². The molecule has 0 aliphatic heterocycles. The molecule has 1 saturated carbocycles. The highest BCUT2D eigenvalue weighted by molar-refractivity contribution is 4.84. The Labute approximate surface area is 58.7 Å². The first-order valence-corrected chi connectivity index (χ1v) is 4.21. The molecule has 0 nitrogen and oxygen atoms in total. The maximum atomic E-state index is 2.31.